The highest BCUT2D eigenvalue weighted by Gasteiger charge is 2.34. The number of benzene rings is 1. The van der Waals surface area contributed by atoms with Crippen LogP contribution in [0.5, 0.6) is 0 Å². The summed E-state index contributed by atoms with van der Waals surface area (Å²) in [6, 6.07) is 8.12. The molecule has 1 aromatic carbocycles. The molecular formula is C11H8BrF3N2. The lowest BCUT2D eigenvalue weighted by Gasteiger charge is -2.03. The molecule has 0 spiro atoms. The van der Waals surface area contributed by atoms with Gasteiger partial charge in [-0.3, -0.25) is 4.68 Å². The first-order valence-corrected chi connectivity index (χ1v) is 5.55. The maximum Gasteiger partial charge on any atom is 0.435 e. The van der Waals surface area contributed by atoms with Crippen LogP contribution >= 0.6 is 15.9 Å². The standard InChI is InChI=1S/C11H8BrF3N2/c1-17-9(6-10(16-17)11(13,14)15)7-4-2-3-5-8(7)12/h2-6H,1H3. The van der Waals surface area contributed by atoms with E-state index in [1.807, 2.05) is 0 Å². The Kier molecular flexibility index (Phi) is 2.99. The third-order valence-corrected chi connectivity index (χ3v) is 3.01. The van der Waals surface area contributed by atoms with Gasteiger partial charge in [-0.2, -0.15) is 18.3 Å². The van der Waals surface area contributed by atoms with Crippen LogP contribution in [0, 0.1) is 0 Å². The van der Waals surface area contributed by atoms with E-state index >= 15 is 0 Å². The summed E-state index contributed by atoms with van der Waals surface area (Å²) in [6.45, 7) is 0. The van der Waals surface area contributed by atoms with Gasteiger partial charge in [0.1, 0.15) is 0 Å². The molecule has 0 radical (unpaired) electrons. The Hall–Kier alpha value is -1.30. The highest BCUT2D eigenvalue weighted by molar-refractivity contribution is 9.10. The summed E-state index contributed by atoms with van der Waals surface area (Å²) in [5, 5.41) is 3.47. The molecule has 0 amide bonds. The van der Waals surface area contributed by atoms with Crippen molar-refractivity contribution in [3.05, 3.63) is 40.5 Å². The van der Waals surface area contributed by atoms with E-state index in [9.17, 15) is 13.2 Å². The molecule has 2 aromatic rings. The predicted molar refractivity (Wildman–Crippen MR) is 61.3 cm³/mol. The molecule has 1 aromatic heterocycles. The number of nitrogens with zero attached hydrogens (tertiary/aromatic N) is 2. The van der Waals surface area contributed by atoms with Crippen molar-refractivity contribution in [3.8, 4) is 11.3 Å². The number of hydrogen-bond acceptors (Lipinski definition) is 1. The van der Waals surface area contributed by atoms with Crippen LogP contribution in [0.1, 0.15) is 5.69 Å². The zero-order valence-corrected chi connectivity index (χ0v) is 10.4. The molecule has 0 fully saturated rings. The summed E-state index contributed by atoms with van der Waals surface area (Å²) in [6.07, 6.45) is -4.42. The van der Waals surface area contributed by atoms with Crippen molar-refractivity contribution in [2.24, 2.45) is 7.05 Å². The van der Waals surface area contributed by atoms with Gasteiger partial charge in [0.05, 0.1) is 5.69 Å². The Morgan fingerprint density at radius 3 is 2.41 bits per heavy atom. The second-order valence-electron chi connectivity index (χ2n) is 3.52. The lowest BCUT2D eigenvalue weighted by atomic mass is 10.1. The molecular weight excluding hydrogens is 297 g/mol. The van der Waals surface area contributed by atoms with E-state index in [2.05, 4.69) is 21.0 Å². The maximum absolute atomic E-state index is 12.5. The van der Waals surface area contributed by atoms with E-state index in [1.54, 1.807) is 24.3 Å². The quantitative estimate of drug-likeness (QED) is 0.782. The van der Waals surface area contributed by atoms with E-state index in [0.717, 1.165) is 10.5 Å². The largest absolute Gasteiger partial charge is 0.435 e. The van der Waals surface area contributed by atoms with Crippen LogP contribution < -0.4 is 0 Å². The monoisotopic (exact) mass is 304 g/mol. The third-order valence-electron chi connectivity index (χ3n) is 2.32. The zero-order valence-electron chi connectivity index (χ0n) is 8.79. The van der Waals surface area contributed by atoms with Crippen molar-refractivity contribution < 1.29 is 13.2 Å². The third kappa shape index (κ3) is 2.36. The molecule has 2 rings (SSSR count). The van der Waals surface area contributed by atoms with Crippen LogP contribution in [0.25, 0.3) is 11.3 Å². The first kappa shape index (κ1) is 12.2. The summed E-state index contributed by atoms with van der Waals surface area (Å²) in [5.74, 6) is 0. The Morgan fingerprint density at radius 2 is 1.88 bits per heavy atom. The predicted octanol–water partition coefficient (Wildman–Crippen LogP) is 3.87. The van der Waals surface area contributed by atoms with Gasteiger partial charge in [0, 0.05) is 17.1 Å². The SMILES string of the molecule is Cn1nc(C(F)(F)F)cc1-c1ccccc1Br. The van der Waals surface area contributed by atoms with Crippen molar-refractivity contribution >= 4 is 15.9 Å². The minimum Gasteiger partial charge on any atom is -0.267 e. The average Bonchev–Trinajstić information content (AvgIpc) is 2.61. The molecule has 0 aliphatic heterocycles. The number of aryl methyl sites for hydroxylation is 1. The van der Waals surface area contributed by atoms with Gasteiger partial charge in [0.25, 0.3) is 0 Å². The second-order valence-corrected chi connectivity index (χ2v) is 4.37. The zero-order chi connectivity index (χ0) is 12.6. The molecule has 0 N–H and O–H groups in total. The van der Waals surface area contributed by atoms with Crippen molar-refractivity contribution in [2.45, 2.75) is 6.18 Å². The fourth-order valence-electron chi connectivity index (χ4n) is 1.53. The number of aromatic nitrogens is 2. The van der Waals surface area contributed by atoms with Crippen LogP contribution in [0.15, 0.2) is 34.8 Å². The first-order chi connectivity index (χ1) is 7.89. The molecule has 6 heteroatoms. The Morgan fingerprint density at radius 1 is 1.24 bits per heavy atom. The minimum atomic E-state index is -4.42. The van der Waals surface area contributed by atoms with E-state index in [1.165, 1.54) is 11.7 Å². The maximum atomic E-state index is 12.5. The summed E-state index contributed by atoms with van der Waals surface area (Å²) in [5.41, 5.74) is 0.216. The Balaban J connectivity index is 2.55. The molecule has 0 aliphatic rings. The highest BCUT2D eigenvalue weighted by Crippen LogP contribution is 2.33. The number of alkyl halides is 3. The van der Waals surface area contributed by atoms with E-state index < -0.39 is 11.9 Å². The van der Waals surface area contributed by atoms with Crippen LogP contribution in [0.4, 0.5) is 13.2 Å². The van der Waals surface area contributed by atoms with Gasteiger partial charge in [-0.05, 0) is 12.1 Å². The van der Waals surface area contributed by atoms with Gasteiger partial charge < -0.3 is 0 Å². The molecule has 0 saturated carbocycles. The van der Waals surface area contributed by atoms with E-state index in [-0.39, 0.29) is 0 Å². The second kappa shape index (κ2) is 4.18. The first-order valence-electron chi connectivity index (χ1n) is 4.76. The Labute approximate surface area is 104 Å². The minimum absolute atomic E-state index is 0.421. The molecule has 0 unspecified atom stereocenters. The van der Waals surface area contributed by atoms with E-state index in [4.69, 9.17) is 0 Å². The normalized spacial score (nSPS) is 11.8. The summed E-state index contributed by atoms with van der Waals surface area (Å²) < 4.78 is 39.5. The lowest BCUT2D eigenvalue weighted by molar-refractivity contribution is -0.141. The summed E-state index contributed by atoms with van der Waals surface area (Å²) in [7, 11) is 1.49. The van der Waals surface area contributed by atoms with Gasteiger partial charge in [-0.25, -0.2) is 0 Å². The molecule has 0 aliphatic carbocycles. The molecule has 90 valence electrons. The van der Waals surface area contributed by atoms with Gasteiger partial charge in [0.2, 0.25) is 0 Å². The molecule has 0 saturated heterocycles. The topological polar surface area (TPSA) is 17.8 Å². The number of rotatable bonds is 1. The van der Waals surface area contributed by atoms with Crippen LogP contribution in [0.3, 0.4) is 0 Å². The molecule has 17 heavy (non-hydrogen) atoms. The van der Waals surface area contributed by atoms with Crippen LogP contribution in [-0.4, -0.2) is 9.78 Å². The van der Waals surface area contributed by atoms with Gasteiger partial charge in [-0.15, -0.1) is 0 Å². The van der Waals surface area contributed by atoms with Crippen molar-refractivity contribution in [1.82, 2.24) is 9.78 Å². The van der Waals surface area contributed by atoms with Gasteiger partial charge in [-0.1, -0.05) is 34.1 Å². The Bertz CT molecular complexity index is 546. The number of hydrogen-bond donors (Lipinski definition) is 0. The average molecular weight is 305 g/mol. The fourth-order valence-corrected chi connectivity index (χ4v) is 2.01. The van der Waals surface area contributed by atoms with Gasteiger partial charge >= 0.3 is 6.18 Å². The summed E-state index contributed by atoms with van der Waals surface area (Å²) >= 11 is 3.30. The molecule has 2 nitrogen and oxygen atoms in total. The molecule has 0 bridgehead atoms. The number of halogens is 4. The van der Waals surface area contributed by atoms with Crippen LogP contribution in [0.2, 0.25) is 0 Å². The van der Waals surface area contributed by atoms with Gasteiger partial charge in [0.15, 0.2) is 5.69 Å². The smallest absolute Gasteiger partial charge is 0.267 e. The van der Waals surface area contributed by atoms with Crippen LogP contribution in [-0.2, 0) is 13.2 Å². The highest BCUT2D eigenvalue weighted by atomic mass is 79.9. The lowest BCUT2D eigenvalue weighted by Crippen LogP contribution is -2.06. The summed E-state index contributed by atoms with van der Waals surface area (Å²) in [4.78, 5) is 0. The van der Waals surface area contributed by atoms with Crippen molar-refractivity contribution in [3.63, 3.8) is 0 Å². The van der Waals surface area contributed by atoms with Crippen molar-refractivity contribution in [2.75, 3.05) is 0 Å². The molecule has 1 heterocycles. The van der Waals surface area contributed by atoms with Crippen molar-refractivity contribution in [1.29, 1.82) is 0 Å². The molecule has 0 atom stereocenters. The fraction of sp³-hybridized carbons (Fsp3) is 0.182. The van der Waals surface area contributed by atoms with E-state index in [0.29, 0.717) is 11.3 Å².